The zero-order valence-electron chi connectivity index (χ0n) is 8.56. The number of nitrogens with zero attached hydrogens (tertiary/aromatic N) is 1. The van der Waals surface area contributed by atoms with Crippen molar-refractivity contribution in [2.45, 2.75) is 25.9 Å². The van der Waals surface area contributed by atoms with Gasteiger partial charge < -0.3 is 10.2 Å². The van der Waals surface area contributed by atoms with Gasteiger partial charge in [-0.1, -0.05) is 12.2 Å². The van der Waals surface area contributed by atoms with Crippen LogP contribution in [0.2, 0.25) is 0 Å². The minimum Gasteiger partial charge on any atom is -0.468 e. The molecule has 0 radical (unpaired) electrons. The van der Waals surface area contributed by atoms with Crippen molar-refractivity contribution < 1.29 is 4.42 Å². The lowest BCUT2D eigenvalue weighted by atomic mass is 10.2. The van der Waals surface area contributed by atoms with Gasteiger partial charge in [0.05, 0.1) is 17.8 Å². The first kappa shape index (κ1) is 11.2. The van der Waals surface area contributed by atoms with Crippen molar-refractivity contribution in [1.82, 2.24) is 4.90 Å². The molecule has 1 aromatic heterocycles. The van der Waals surface area contributed by atoms with E-state index < -0.39 is 0 Å². The summed E-state index contributed by atoms with van der Waals surface area (Å²) in [5.74, 6) is 0.960. The van der Waals surface area contributed by atoms with Crippen LogP contribution in [-0.4, -0.2) is 23.0 Å². The van der Waals surface area contributed by atoms with E-state index in [1.54, 1.807) is 6.26 Å². The maximum Gasteiger partial charge on any atom is 0.117 e. The van der Waals surface area contributed by atoms with Crippen LogP contribution in [0.15, 0.2) is 22.8 Å². The third kappa shape index (κ3) is 3.47. The molecule has 0 aliphatic carbocycles. The van der Waals surface area contributed by atoms with Crippen molar-refractivity contribution >= 4 is 17.2 Å². The van der Waals surface area contributed by atoms with Gasteiger partial charge in [-0.05, 0) is 26.1 Å². The van der Waals surface area contributed by atoms with Crippen LogP contribution in [0.4, 0.5) is 0 Å². The Morgan fingerprint density at radius 1 is 1.71 bits per heavy atom. The molecule has 0 saturated carbocycles. The minimum absolute atomic E-state index is 0.345. The predicted octanol–water partition coefficient (Wildman–Crippen LogP) is 1.78. The summed E-state index contributed by atoms with van der Waals surface area (Å²) in [4.78, 5) is 2.72. The predicted molar refractivity (Wildman–Crippen MR) is 61.0 cm³/mol. The van der Waals surface area contributed by atoms with Crippen LogP contribution in [0.1, 0.15) is 19.1 Å². The van der Waals surface area contributed by atoms with Crippen molar-refractivity contribution in [2.75, 3.05) is 7.05 Å². The Bertz CT molecular complexity index is 284. The Hall–Kier alpha value is -0.870. The zero-order valence-corrected chi connectivity index (χ0v) is 9.38. The van der Waals surface area contributed by atoms with Gasteiger partial charge in [-0.25, -0.2) is 0 Å². The van der Waals surface area contributed by atoms with E-state index in [0.717, 1.165) is 18.7 Å². The lowest BCUT2D eigenvalue weighted by Gasteiger charge is -2.22. The van der Waals surface area contributed by atoms with E-state index in [1.807, 2.05) is 19.2 Å². The molecule has 1 aromatic rings. The van der Waals surface area contributed by atoms with E-state index in [4.69, 9.17) is 22.4 Å². The first-order valence-electron chi connectivity index (χ1n) is 4.60. The fourth-order valence-corrected chi connectivity index (χ4v) is 1.49. The van der Waals surface area contributed by atoms with Crippen molar-refractivity contribution in [3.8, 4) is 0 Å². The molecule has 0 spiro atoms. The van der Waals surface area contributed by atoms with Crippen molar-refractivity contribution in [3.05, 3.63) is 24.2 Å². The summed E-state index contributed by atoms with van der Waals surface area (Å²) in [6.45, 7) is 2.89. The maximum atomic E-state index is 5.49. The lowest BCUT2D eigenvalue weighted by Crippen LogP contribution is -2.31. The summed E-state index contributed by atoms with van der Waals surface area (Å²) in [5, 5.41) is 0. The second-order valence-electron chi connectivity index (χ2n) is 3.51. The molecule has 0 bridgehead atoms. The molecule has 0 fully saturated rings. The number of hydrogen-bond donors (Lipinski definition) is 1. The van der Waals surface area contributed by atoms with E-state index in [-0.39, 0.29) is 0 Å². The fraction of sp³-hybridized carbons (Fsp3) is 0.500. The van der Waals surface area contributed by atoms with Gasteiger partial charge >= 0.3 is 0 Å². The highest BCUT2D eigenvalue weighted by Gasteiger charge is 2.11. The molecule has 0 saturated heterocycles. The van der Waals surface area contributed by atoms with Crippen LogP contribution in [0.25, 0.3) is 0 Å². The van der Waals surface area contributed by atoms with Gasteiger partial charge in [-0.15, -0.1) is 0 Å². The van der Waals surface area contributed by atoms with E-state index in [0.29, 0.717) is 11.0 Å². The van der Waals surface area contributed by atoms with Crippen LogP contribution >= 0.6 is 12.2 Å². The highest BCUT2D eigenvalue weighted by atomic mass is 32.1. The summed E-state index contributed by atoms with van der Waals surface area (Å²) in [7, 11) is 2.03. The minimum atomic E-state index is 0.345. The molecule has 1 heterocycles. The number of rotatable bonds is 5. The van der Waals surface area contributed by atoms with Crippen LogP contribution in [0.5, 0.6) is 0 Å². The number of hydrogen-bond acceptors (Lipinski definition) is 3. The number of furan rings is 1. The molecule has 2 N–H and O–H groups in total. The molecule has 1 unspecified atom stereocenters. The van der Waals surface area contributed by atoms with Gasteiger partial charge in [-0.2, -0.15) is 0 Å². The monoisotopic (exact) mass is 212 g/mol. The number of nitrogens with two attached hydrogens (primary N) is 1. The normalized spacial score (nSPS) is 13.1. The second kappa shape index (κ2) is 5.12. The Morgan fingerprint density at radius 3 is 2.93 bits per heavy atom. The molecule has 78 valence electrons. The van der Waals surface area contributed by atoms with Crippen molar-refractivity contribution in [3.63, 3.8) is 0 Å². The van der Waals surface area contributed by atoms with Crippen LogP contribution in [-0.2, 0) is 6.54 Å². The van der Waals surface area contributed by atoms with Crippen LogP contribution in [0, 0.1) is 0 Å². The van der Waals surface area contributed by atoms with Gasteiger partial charge in [-0.3, -0.25) is 4.90 Å². The summed E-state index contributed by atoms with van der Waals surface area (Å²) >= 11 is 4.87. The molecule has 0 aliphatic rings. The quantitative estimate of drug-likeness (QED) is 0.755. The Balaban J connectivity index is 2.41. The van der Waals surface area contributed by atoms with Gasteiger partial charge in [0.15, 0.2) is 0 Å². The van der Waals surface area contributed by atoms with Gasteiger partial charge in [0.25, 0.3) is 0 Å². The molecule has 1 rings (SSSR count). The van der Waals surface area contributed by atoms with Crippen molar-refractivity contribution in [2.24, 2.45) is 5.73 Å². The average Bonchev–Trinajstić information content (AvgIpc) is 2.55. The second-order valence-corrected chi connectivity index (χ2v) is 4.04. The molecular weight excluding hydrogens is 196 g/mol. The molecule has 14 heavy (non-hydrogen) atoms. The van der Waals surface area contributed by atoms with E-state index >= 15 is 0 Å². The SMILES string of the molecule is CC(CC(N)=S)N(C)Cc1ccco1. The largest absolute Gasteiger partial charge is 0.468 e. The van der Waals surface area contributed by atoms with Crippen LogP contribution in [0.3, 0.4) is 0 Å². The van der Waals surface area contributed by atoms with Gasteiger partial charge in [0, 0.05) is 12.5 Å². The van der Waals surface area contributed by atoms with Crippen molar-refractivity contribution in [1.29, 1.82) is 0 Å². The highest BCUT2D eigenvalue weighted by molar-refractivity contribution is 7.80. The Morgan fingerprint density at radius 2 is 2.43 bits per heavy atom. The maximum absolute atomic E-state index is 5.49. The third-order valence-corrected chi connectivity index (χ3v) is 2.40. The Kier molecular flexibility index (Phi) is 4.10. The van der Waals surface area contributed by atoms with Crippen LogP contribution < -0.4 is 5.73 Å². The molecule has 0 amide bonds. The summed E-state index contributed by atoms with van der Waals surface area (Å²) < 4.78 is 5.25. The molecule has 4 heteroatoms. The first-order chi connectivity index (χ1) is 6.59. The summed E-state index contributed by atoms with van der Waals surface area (Å²) in [6, 6.07) is 4.20. The van der Waals surface area contributed by atoms with E-state index in [1.165, 1.54) is 0 Å². The Labute approximate surface area is 89.9 Å². The molecule has 1 atom stereocenters. The molecule has 3 nitrogen and oxygen atoms in total. The summed E-state index contributed by atoms with van der Waals surface area (Å²) in [6.07, 6.45) is 2.42. The van der Waals surface area contributed by atoms with E-state index in [9.17, 15) is 0 Å². The molecule has 0 aromatic carbocycles. The average molecular weight is 212 g/mol. The third-order valence-electron chi connectivity index (χ3n) is 2.23. The standard InChI is InChI=1S/C10H16N2OS/c1-8(6-10(11)14)12(2)7-9-4-3-5-13-9/h3-5,8H,6-7H2,1-2H3,(H2,11,14). The smallest absolute Gasteiger partial charge is 0.117 e. The summed E-state index contributed by atoms with van der Waals surface area (Å²) in [5.41, 5.74) is 5.49. The topological polar surface area (TPSA) is 42.4 Å². The molecular formula is C10H16N2OS. The first-order valence-corrected chi connectivity index (χ1v) is 5.01. The van der Waals surface area contributed by atoms with Gasteiger partial charge in [0.1, 0.15) is 5.76 Å². The number of thiocarbonyl (C=S) groups is 1. The van der Waals surface area contributed by atoms with Gasteiger partial charge in [0.2, 0.25) is 0 Å². The molecule has 0 aliphatic heterocycles. The highest BCUT2D eigenvalue weighted by Crippen LogP contribution is 2.08. The lowest BCUT2D eigenvalue weighted by molar-refractivity contribution is 0.235. The fourth-order valence-electron chi connectivity index (χ4n) is 1.25. The van der Waals surface area contributed by atoms with E-state index in [2.05, 4.69) is 11.8 Å². The zero-order chi connectivity index (χ0) is 10.6.